The lowest BCUT2D eigenvalue weighted by atomic mass is 9.94. The van der Waals surface area contributed by atoms with Crippen molar-refractivity contribution in [2.24, 2.45) is 0 Å². The molecule has 0 saturated carbocycles. The number of ether oxygens (including phenoxy) is 1. The first kappa shape index (κ1) is 14.6. The summed E-state index contributed by atoms with van der Waals surface area (Å²) in [6.07, 6.45) is 1.01. The molecule has 0 bridgehead atoms. The van der Waals surface area contributed by atoms with Crippen molar-refractivity contribution in [3.8, 4) is 5.75 Å². The molecule has 0 aromatic heterocycles. The molecule has 1 aliphatic heterocycles. The van der Waals surface area contributed by atoms with Gasteiger partial charge in [-0.15, -0.1) is 0 Å². The second kappa shape index (κ2) is 5.82. The Hall–Kier alpha value is -1.32. The second-order valence-corrected chi connectivity index (χ2v) is 6.58. The number of hydrogen-bond acceptors (Lipinski definition) is 2. The minimum Gasteiger partial charge on any atom is -0.493 e. The van der Waals surface area contributed by atoms with E-state index in [-0.39, 0.29) is 0 Å². The van der Waals surface area contributed by atoms with E-state index in [2.05, 4.69) is 48.0 Å². The van der Waals surface area contributed by atoms with Crippen LogP contribution in [-0.2, 0) is 12.8 Å². The molecule has 0 fully saturated rings. The summed E-state index contributed by atoms with van der Waals surface area (Å²) in [6, 6.07) is 10.2. The Morgan fingerprint density at radius 2 is 2.10 bits per heavy atom. The van der Waals surface area contributed by atoms with Gasteiger partial charge in [-0.1, -0.05) is 34.1 Å². The molecule has 1 N–H and O–H groups in total. The third-order valence-electron chi connectivity index (χ3n) is 4.24. The maximum atomic E-state index is 10.6. The zero-order chi connectivity index (χ0) is 15.0. The number of rotatable bonds is 3. The monoisotopic (exact) mass is 346 g/mol. The summed E-state index contributed by atoms with van der Waals surface area (Å²) in [4.78, 5) is 0. The van der Waals surface area contributed by atoms with Gasteiger partial charge < -0.3 is 9.84 Å². The Labute approximate surface area is 133 Å². The van der Waals surface area contributed by atoms with E-state index < -0.39 is 6.10 Å². The predicted octanol–water partition coefficient (Wildman–Crippen LogP) is 4.28. The maximum Gasteiger partial charge on any atom is 0.125 e. The first-order valence-electron chi connectivity index (χ1n) is 7.24. The summed E-state index contributed by atoms with van der Waals surface area (Å²) >= 11 is 3.55. The molecule has 1 unspecified atom stereocenters. The molecule has 0 spiro atoms. The molecule has 2 nitrogen and oxygen atoms in total. The smallest absolute Gasteiger partial charge is 0.125 e. The molecule has 0 aliphatic carbocycles. The molecular weight excluding hydrogens is 328 g/mol. The van der Waals surface area contributed by atoms with E-state index in [4.69, 9.17) is 4.74 Å². The van der Waals surface area contributed by atoms with E-state index in [1.807, 2.05) is 12.1 Å². The highest BCUT2D eigenvalue weighted by molar-refractivity contribution is 9.10. The summed E-state index contributed by atoms with van der Waals surface area (Å²) in [5.74, 6) is 0.961. The van der Waals surface area contributed by atoms with Crippen molar-refractivity contribution >= 4 is 15.9 Å². The first-order chi connectivity index (χ1) is 10.1. The molecule has 3 rings (SSSR count). The van der Waals surface area contributed by atoms with Gasteiger partial charge in [0.05, 0.1) is 12.7 Å². The lowest BCUT2D eigenvalue weighted by Crippen LogP contribution is -2.06. The van der Waals surface area contributed by atoms with Crippen LogP contribution in [0.1, 0.15) is 33.9 Å². The number of hydrogen-bond donors (Lipinski definition) is 1. The predicted molar refractivity (Wildman–Crippen MR) is 87.9 cm³/mol. The Morgan fingerprint density at radius 1 is 1.29 bits per heavy atom. The van der Waals surface area contributed by atoms with Crippen molar-refractivity contribution in [2.75, 3.05) is 6.61 Å². The maximum absolute atomic E-state index is 10.6. The molecule has 2 aromatic carbocycles. The normalized spacial score (nSPS) is 14.7. The third kappa shape index (κ3) is 2.85. The van der Waals surface area contributed by atoms with Crippen LogP contribution >= 0.6 is 15.9 Å². The molecule has 1 atom stereocenters. The average molecular weight is 347 g/mol. The SMILES string of the molecule is Cc1cccc(C(O)Cc2cc(Br)cc3c2OCC3)c1C. The zero-order valence-corrected chi connectivity index (χ0v) is 13.9. The van der Waals surface area contributed by atoms with Gasteiger partial charge in [0.15, 0.2) is 0 Å². The highest BCUT2D eigenvalue weighted by Crippen LogP contribution is 2.36. The van der Waals surface area contributed by atoms with Gasteiger partial charge in [-0.05, 0) is 53.8 Å². The zero-order valence-electron chi connectivity index (χ0n) is 12.3. The van der Waals surface area contributed by atoms with Gasteiger partial charge in [-0.2, -0.15) is 0 Å². The molecule has 1 heterocycles. The first-order valence-corrected chi connectivity index (χ1v) is 8.04. The molecule has 3 heteroatoms. The Bertz CT molecular complexity index is 679. The number of benzene rings is 2. The van der Waals surface area contributed by atoms with Crippen molar-refractivity contribution in [3.63, 3.8) is 0 Å². The third-order valence-corrected chi connectivity index (χ3v) is 4.70. The van der Waals surface area contributed by atoms with E-state index in [9.17, 15) is 5.11 Å². The van der Waals surface area contributed by atoms with E-state index in [0.29, 0.717) is 6.42 Å². The highest BCUT2D eigenvalue weighted by Gasteiger charge is 2.20. The van der Waals surface area contributed by atoms with E-state index in [1.54, 1.807) is 0 Å². The van der Waals surface area contributed by atoms with Gasteiger partial charge in [0.1, 0.15) is 5.75 Å². The molecular formula is C18H19BrO2. The van der Waals surface area contributed by atoms with Crippen LogP contribution in [0.3, 0.4) is 0 Å². The van der Waals surface area contributed by atoms with Gasteiger partial charge in [0.2, 0.25) is 0 Å². The molecule has 2 aromatic rings. The Balaban J connectivity index is 1.92. The van der Waals surface area contributed by atoms with Crippen molar-refractivity contribution < 1.29 is 9.84 Å². The molecule has 0 saturated heterocycles. The van der Waals surface area contributed by atoms with Gasteiger partial charge in [0, 0.05) is 17.3 Å². The van der Waals surface area contributed by atoms with Crippen LogP contribution in [0.2, 0.25) is 0 Å². The fourth-order valence-corrected chi connectivity index (χ4v) is 3.50. The fourth-order valence-electron chi connectivity index (χ4n) is 2.95. The topological polar surface area (TPSA) is 29.5 Å². The average Bonchev–Trinajstić information content (AvgIpc) is 2.90. The lowest BCUT2D eigenvalue weighted by molar-refractivity contribution is 0.176. The van der Waals surface area contributed by atoms with E-state index >= 15 is 0 Å². The summed E-state index contributed by atoms with van der Waals surface area (Å²) in [7, 11) is 0. The number of aryl methyl sites for hydroxylation is 1. The standard InChI is InChI=1S/C18H19BrO2/c1-11-4-3-5-16(12(11)2)17(20)10-14-9-15(19)8-13-6-7-21-18(13)14/h3-5,8-9,17,20H,6-7,10H2,1-2H3. The summed E-state index contributed by atoms with van der Waals surface area (Å²) in [6.45, 7) is 4.87. The van der Waals surface area contributed by atoms with Gasteiger partial charge in [-0.25, -0.2) is 0 Å². The van der Waals surface area contributed by atoms with E-state index in [0.717, 1.165) is 39.9 Å². The van der Waals surface area contributed by atoms with Crippen LogP contribution in [0.4, 0.5) is 0 Å². The Morgan fingerprint density at radius 3 is 2.90 bits per heavy atom. The second-order valence-electron chi connectivity index (χ2n) is 5.66. The summed E-state index contributed by atoms with van der Waals surface area (Å²) in [5.41, 5.74) is 5.68. The Kier molecular flexibility index (Phi) is 4.05. The molecule has 1 aliphatic rings. The van der Waals surface area contributed by atoms with Crippen LogP contribution in [0.5, 0.6) is 5.75 Å². The van der Waals surface area contributed by atoms with Crippen molar-refractivity contribution in [1.29, 1.82) is 0 Å². The largest absolute Gasteiger partial charge is 0.493 e. The highest BCUT2D eigenvalue weighted by atomic mass is 79.9. The number of halogens is 1. The quantitative estimate of drug-likeness (QED) is 0.898. The van der Waals surface area contributed by atoms with Crippen molar-refractivity contribution in [2.45, 2.75) is 32.8 Å². The molecule has 0 radical (unpaired) electrons. The molecule has 110 valence electrons. The van der Waals surface area contributed by atoms with Crippen LogP contribution in [0, 0.1) is 13.8 Å². The van der Waals surface area contributed by atoms with Gasteiger partial charge in [0.25, 0.3) is 0 Å². The molecule has 0 amide bonds. The van der Waals surface area contributed by atoms with E-state index in [1.165, 1.54) is 11.1 Å². The fraction of sp³-hybridized carbons (Fsp3) is 0.333. The van der Waals surface area contributed by atoms with Crippen LogP contribution < -0.4 is 4.74 Å². The van der Waals surface area contributed by atoms with Gasteiger partial charge in [-0.3, -0.25) is 0 Å². The van der Waals surface area contributed by atoms with Gasteiger partial charge >= 0.3 is 0 Å². The minimum atomic E-state index is -0.507. The number of aliphatic hydroxyl groups is 1. The van der Waals surface area contributed by atoms with Crippen LogP contribution in [0.25, 0.3) is 0 Å². The summed E-state index contributed by atoms with van der Waals surface area (Å²) < 4.78 is 6.79. The van der Waals surface area contributed by atoms with Crippen molar-refractivity contribution in [1.82, 2.24) is 0 Å². The number of aliphatic hydroxyl groups excluding tert-OH is 1. The number of fused-ring (bicyclic) bond motifs is 1. The summed E-state index contributed by atoms with van der Waals surface area (Å²) in [5, 5.41) is 10.6. The minimum absolute atomic E-state index is 0.507. The van der Waals surface area contributed by atoms with Crippen LogP contribution in [0.15, 0.2) is 34.8 Å². The van der Waals surface area contributed by atoms with Crippen LogP contribution in [-0.4, -0.2) is 11.7 Å². The molecule has 21 heavy (non-hydrogen) atoms. The lowest BCUT2D eigenvalue weighted by Gasteiger charge is -2.17. The van der Waals surface area contributed by atoms with Crippen molar-refractivity contribution in [3.05, 3.63) is 62.6 Å².